The van der Waals surface area contributed by atoms with Crippen LogP contribution in [0.25, 0.3) is 10.2 Å². The molecule has 7 heteroatoms. The number of thiophene rings is 1. The Bertz CT molecular complexity index is 1020. The third-order valence-corrected chi connectivity index (χ3v) is 6.65. The van der Waals surface area contributed by atoms with E-state index >= 15 is 0 Å². The molecular weight excluding hydrogens is 395 g/mol. The highest BCUT2D eigenvalue weighted by Crippen LogP contribution is 2.31. The number of nitrogens with zero attached hydrogens (tertiary/aromatic N) is 2. The molecule has 0 aliphatic rings. The summed E-state index contributed by atoms with van der Waals surface area (Å²) >= 11 is 15.2. The average molecular weight is 411 g/mol. The molecule has 0 unspecified atom stereocenters. The van der Waals surface area contributed by atoms with Gasteiger partial charge in [0.05, 0.1) is 5.39 Å². The van der Waals surface area contributed by atoms with Crippen molar-refractivity contribution in [1.29, 1.82) is 0 Å². The van der Waals surface area contributed by atoms with Crippen LogP contribution in [0.4, 0.5) is 0 Å². The van der Waals surface area contributed by atoms with Gasteiger partial charge in [-0.3, -0.25) is 9.36 Å². The van der Waals surface area contributed by atoms with Crippen molar-refractivity contribution in [3.63, 3.8) is 0 Å². The summed E-state index contributed by atoms with van der Waals surface area (Å²) in [7, 11) is 0. The lowest BCUT2D eigenvalue weighted by Crippen LogP contribution is -2.22. The first kappa shape index (κ1) is 18.5. The van der Waals surface area contributed by atoms with Crippen LogP contribution >= 0.6 is 46.3 Å². The predicted octanol–water partition coefficient (Wildman–Crippen LogP) is 5.86. The van der Waals surface area contributed by atoms with Crippen LogP contribution in [0.5, 0.6) is 0 Å². The maximum absolute atomic E-state index is 12.9. The van der Waals surface area contributed by atoms with Crippen LogP contribution in [0.1, 0.15) is 16.0 Å². The third-order valence-electron chi connectivity index (χ3n) is 3.94. The number of rotatable bonds is 5. The highest BCUT2D eigenvalue weighted by atomic mass is 35.5. The van der Waals surface area contributed by atoms with E-state index in [4.69, 9.17) is 28.2 Å². The van der Waals surface area contributed by atoms with E-state index in [0.29, 0.717) is 32.9 Å². The van der Waals surface area contributed by atoms with Crippen molar-refractivity contribution in [3.05, 3.63) is 67.3 Å². The first-order valence-electron chi connectivity index (χ1n) is 7.60. The number of thioether (sulfide) groups is 1. The molecule has 0 fully saturated rings. The Labute approximate surface area is 164 Å². The summed E-state index contributed by atoms with van der Waals surface area (Å²) in [5.41, 5.74) is 1.94. The van der Waals surface area contributed by atoms with Gasteiger partial charge >= 0.3 is 0 Å². The number of hydrogen-bond acceptors (Lipinski definition) is 4. The van der Waals surface area contributed by atoms with Gasteiger partial charge in [0.1, 0.15) is 4.83 Å². The van der Waals surface area contributed by atoms with Crippen LogP contribution in [0.15, 0.2) is 40.8 Å². The highest BCUT2D eigenvalue weighted by Gasteiger charge is 2.16. The minimum atomic E-state index is -0.0172. The van der Waals surface area contributed by atoms with Gasteiger partial charge in [0, 0.05) is 27.2 Å². The van der Waals surface area contributed by atoms with Crippen LogP contribution in [0.2, 0.25) is 10.0 Å². The lowest BCUT2D eigenvalue weighted by molar-refractivity contribution is 0.672. The van der Waals surface area contributed by atoms with Gasteiger partial charge in [-0.2, -0.15) is 0 Å². The zero-order chi connectivity index (χ0) is 18.1. The number of hydrogen-bond donors (Lipinski definition) is 0. The second-order valence-corrected chi connectivity index (χ2v) is 8.58. The Kier molecular flexibility index (Phi) is 5.58. The number of benzene rings is 1. The van der Waals surface area contributed by atoms with Gasteiger partial charge in [0.15, 0.2) is 5.16 Å². The van der Waals surface area contributed by atoms with Crippen LogP contribution in [0.3, 0.4) is 0 Å². The quantitative estimate of drug-likeness (QED) is 0.300. The molecule has 1 aromatic carbocycles. The number of aromatic nitrogens is 2. The Morgan fingerprint density at radius 3 is 2.80 bits per heavy atom. The molecule has 0 spiro atoms. The van der Waals surface area contributed by atoms with E-state index in [1.165, 1.54) is 11.8 Å². The topological polar surface area (TPSA) is 34.9 Å². The van der Waals surface area contributed by atoms with Crippen LogP contribution in [-0.4, -0.2) is 9.55 Å². The zero-order valence-corrected chi connectivity index (χ0v) is 17.0. The summed E-state index contributed by atoms with van der Waals surface area (Å²) in [4.78, 5) is 19.5. The van der Waals surface area contributed by atoms with Crippen molar-refractivity contribution in [2.75, 3.05) is 0 Å². The molecular formula is C18H16Cl2N2OS2. The molecule has 0 saturated heterocycles. The van der Waals surface area contributed by atoms with Gasteiger partial charge in [0.25, 0.3) is 5.56 Å². The highest BCUT2D eigenvalue weighted by molar-refractivity contribution is 7.98. The van der Waals surface area contributed by atoms with E-state index in [1.54, 1.807) is 28.0 Å². The zero-order valence-electron chi connectivity index (χ0n) is 13.8. The molecule has 0 amide bonds. The summed E-state index contributed by atoms with van der Waals surface area (Å²) in [6.07, 6.45) is 1.71. The van der Waals surface area contributed by atoms with E-state index in [-0.39, 0.29) is 5.56 Å². The monoisotopic (exact) mass is 410 g/mol. The van der Waals surface area contributed by atoms with Crippen molar-refractivity contribution >= 4 is 56.5 Å². The molecule has 0 bridgehead atoms. The summed E-state index contributed by atoms with van der Waals surface area (Å²) in [5.74, 6) is 0.606. The van der Waals surface area contributed by atoms with Crippen molar-refractivity contribution in [2.24, 2.45) is 0 Å². The summed E-state index contributed by atoms with van der Waals surface area (Å²) < 4.78 is 1.67. The first-order valence-corrected chi connectivity index (χ1v) is 10.2. The minimum Gasteiger partial charge on any atom is -0.283 e. The van der Waals surface area contributed by atoms with Gasteiger partial charge < -0.3 is 0 Å². The van der Waals surface area contributed by atoms with Crippen LogP contribution < -0.4 is 5.56 Å². The van der Waals surface area contributed by atoms with Gasteiger partial charge in [-0.25, -0.2) is 4.98 Å². The largest absolute Gasteiger partial charge is 0.283 e. The SMILES string of the molecule is C=CCn1c(SCc2ccc(Cl)cc2Cl)nc2sc(C)c(C)c2c1=O. The second-order valence-electron chi connectivity index (χ2n) is 5.59. The summed E-state index contributed by atoms with van der Waals surface area (Å²) in [6, 6.07) is 5.42. The smallest absolute Gasteiger partial charge is 0.263 e. The Morgan fingerprint density at radius 2 is 2.12 bits per heavy atom. The van der Waals surface area contributed by atoms with E-state index in [0.717, 1.165) is 20.8 Å². The number of allylic oxidation sites excluding steroid dienone is 1. The van der Waals surface area contributed by atoms with Crippen molar-refractivity contribution in [2.45, 2.75) is 31.3 Å². The normalized spacial score (nSPS) is 11.2. The molecule has 0 atom stereocenters. The molecule has 3 rings (SSSR count). The van der Waals surface area contributed by atoms with E-state index in [2.05, 4.69) is 6.58 Å². The Hall–Kier alpha value is -1.27. The van der Waals surface area contributed by atoms with Crippen molar-refractivity contribution in [1.82, 2.24) is 9.55 Å². The molecule has 25 heavy (non-hydrogen) atoms. The Morgan fingerprint density at radius 1 is 1.36 bits per heavy atom. The van der Waals surface area contributed by atoms with Gasteiger partial charge in [-0.1, -0.05) is 47.1 Å². The number of aryl methyl sites for hydroxylation is 2. The predicted molar refractivity (Wildman–Crippen MR) is 110 cm³/mol. The first-order chi connectivity index (χ1) is 11.9. The average Bonchev–Trinajstić information content (AvgIpc) is 2.84. The maximum atomic E-state index is 12.9. The molecule has 0 saturated carbocycles. The maximum Gasteiger partial charge on any atom is 0.263 e. The molecule has 0 aliphatic carbocycles. The van der Waals surface area contributed by atoms with E-state index in [1.807, 2.05) is 26.0 Å². The molecule has 0 aliphatic heterocycles. The Balaban J connectivity index is 2.04. The molecule has 0 N–H and O–H groups in total. The van der Waals surface area contributed by atoms with Gasteiger partial charge in [0.2, 0.25) is 0 Å². The van der Waals surface area contributed by atoms with Gasteiger partial charge in [-0.05, 0) is 37.1 Å². The van der Waals surface area contributed by atoms with Crippen molar-refractivity contribution in [3.8, 4) is 0 Å². The lowest BCUT2D eigenvalue weighted by atomic mass is 10.2. The lowest BCUT2D eigenvalue weighted by Gasteiger charge is -2.11. The fraction of sp³-hybridized carbons (Fsp3) is 0.222. The number of halogens is 2. The fourth-order valence-electron chi connectivity index (χ4n) is 2.49. The van der Waals surface area contributed by atoms with E-state index in [9.17, 15) is 4.79 Å². The second kappa shape index (κ2) is 7.54. The fourth-order valence-corrected chi connectivity index (χ4v) is 5.13. The molecule has 0 radical (unpaired) electrons. The minimum absolute atomic E-state index is 0.0172. The molecule has 130 valence electrons. The third kappa shape index (κ3) is 3.65. The molecule has 2 aromatic heterocycles. The molecule has 3 aromatic rings. The molecule has 2 heterocycles. The molecule has 3 nitrogen and oxygen atoms in total. The standard InChI is InChI=1S/C18H16Cl2N2OS2/c1-4-7-22-17(23)15-10(2)11(3)25-16(15)21-18(22)24-9-12-5-6-13(19)8-14(12)20/h4-6,8H,1,7,9H2,2-3H3. The van der Waals surface area contributed by atoms with Crippen molar-refractivity contribution < 1.29 is 0 Å². The van der Waals surface area contributed by atoms with Gasteiger partial charge in [-0.15, -0.1) is 17.9 Å². The van der Waals surface area contributed by atoms with Crippen LogP contribution in [-0.2, 0) is 12.3 Å². The van der Waals surface area contributed by atoms with Crippen LogP contribution in [0, 0.1) is 13.8 Å². The van der Waals surface area contributed by atoms with E-state index < -0.39 is 0 Å². The summed E-state index contributed by atoms with van der Waals surface area (Å²) in [6.45, 7) is 8.16. The summed E-state index contributed by atoms with van der Waals surface area (Å²) in [5, 5.41) is 2.59. The number of fused-ring (bicyclic) bond motifs is 1.